The van der Waals surface area contributed by atoms with Crippen molar-refractivity contribution in [1.82, 2.24) is 4.98 Å². The molecule has 0 radical (unpaired) electrons. The minimum atomic E-state index is -0.482. The lowest BCUT2D eigenvalue weighted by Gasteiger charge is -1.79. The van der Waals surface area contributed by atoms with E-state index in [4.69, 9.17) is 0 Å². The second kappa shape index (κ2) is 2.47. The largest absolute Gasteiger partial charge is 0.364 e. The Kier molecular flexibility index (Phi) is 1.67. The molecule has 1 aromatic heterocycles. The number of aromatic nitrogens is 1. The topological polar surface area (TPSA) is 49.9 Å². The Morgan fingerprint density at radius 1 is 1.70 bits per heavy atom. The van der Waals surface area contributed by atoms with Crippen LogP contribution in [0.3, 0.4) is 0 Å². The summed E-state index contributed by atoms with van der Waals surface area (Å²) in [5, 5.41) is 0. The van der Waals surface area contributed by atoms with E-state index in [9.17, 15) is 9.59 Å². The summed E-state index contributed by atoms with van der Waals surface area (Å²) in [6.45, 7) is 1.82. The Bertz CT molecular complexity index is 262. The molecule has 1 N–H and O–H groups in total. The van der Waals surface area contributed by atoms with Gasteiger partial charge < -0.3 is 4.98 Å². The van der Waals surface area contributed by atoms with E-state index in [-0.39, 0.29) is 0 Å². The second-order valence-electron chi connectivity index (χ2n) is 2.05. The first-order chi connectivity index (χ1) is 4.74. The molecule has 0 amide bonds. The number of aromatic amines is 1. The monoisotopic (exact) mass is 137 g/mol. The van der Waals surface area contributed by atoms with Crippen molar-refractivity contribution in [2.75, 3.05) is 0 Å². The number of aryl methyl sites for hydroxylation is 1. The third-order valence-electron chi connectivity index (χ3n) is 1.22. The maximum Gasteiger partial charge on any atom is 0.226 e. The maximum absolute atomic E-state index is 10.6. The molecule has 0 saturated heterocycles. The van der Waals surface area contributed by atoms with E-state index in [1.54, 1.807) is 6.07 Å². The van der Waals surface area contributed by atoms with Gasteiger partial charge >= 0.3 is 0 Å². The third-order valence-corrected chi connectivity index (χ3v) is 1.22. The number of nitrogens with one attached hydrogen (secondary N) is 1. The van der Waals surface area contributed by atoms with E-state index in [2.05, 4.69) is 4.98 Å². The second-order valence-corrected chi connectivity index (χ2v) is 2.05. The zero-order valence-electron chi connectivity index (χ0n) is 5.55. The predicted molar refractivity (Wildman–Crippen MR) is 35.9 cm³/mol. The highest BCUT2D eigenvalue weighted by atomic mass is 16.2. The molecule has 1 aromatic rings. The lowest BCUT2D eigenvalue weighted by atomic mass is 10.2. The highest BCUT2D eigenvalue weighted by Gasteiger charge is 2.03. The van der Waals surface area contributed by atoms with E-state index in [1.807, 2.05) is 6.92 Å². The third kappa shape index (κ3) is 1.13. The fourth-order valence-corrected chi connectivity index (χ4v) is 0.718. The van der Waals surface area contributed by atoms with E-state index >= 15 is 0 Å². The summed E-state index contributed by atoms with van der Waals surface area (Å²) in [6, 6.07) is 1.64. The molecular weight excluding hydrogens is 130 g/mol. The fourth-order valence-electron chi connectivity index (χ4n) is 0.718. The van der Waals surface area contributed by atoms with Crippen molar-refractivity contribution >= 4 is 12.1 Å². The number of rotatable bonds is 2. The number of carbonyl (C=O) groups is 2. The zero-order chi connectivity index (χ0) is 7.56. The number of H-pyrrole nitrogens is 1. The summed E-state index contributed by atoms with van der Waals surface area (Å²) in [6.07, 6.45) is 1.83. The van der Waals surface area contributed by atoms with Gasteiger partial charge in [-0.25, -0.2) is 0 Å². The SMILES string of the molecule is Cc1cc(C(=O)C=O)c[nH]1. The van der Waals surface area contributed by atoms with Crippen molar-refractivity contribution in [1.29, 1.82) is 0 Å². The molecule has 52 valence electrons. The fraction of sp³-hybridized carbons (Fsp3) is 0.143. The van der Waals surface area contributed by atoms with E-state index in [1.165, 1.54) is 6.20 Å². The Hall–Kier alpha value is -1.38. The van der Waals surface area contributed by atoms with Crippen LogP contribution in [0.4, 0.5) is 0 Å². The highest BCUT2D eigenvalue weighted by molar-refractivity contribution is 6.33. The van der Waals surface area contributed by atoms with Crippen molar-refractivity contribution in [3.05, 3.63) is 23.5 Å². The number of Topliss-reactive ketones (excluding diaryl/α,β-unsaturated/α-hetero) is 1. The standard InChI is InChI=1S/C7H7NO2/c1-5-2-6(3-8-5)7(10)4-9/h2-4,8H,1H3. The van der Waals surface area contributed by atoms with Crippen molar-refractivity contribution in [2.24, 2.45) is 0 Å². The van der Waals surface area contributed by atoms with Gasteiger partial charge in [-0.2, -0.15) is 0 Å². The molecule has 1 rings (SSSR count). The van der Waals surface area contributed by atoms with Crippen LogP contribution in [0.25, 0.3) is 0 Å². The summed E-state index contributed by atoms with van der Waals surface area (Å²) >= 11 is 0. The van der Waals surface area contributed by atoms with Crippen molar-refractivity contribution in [3.8, 4) is 0 Å². The lowest BCUT2D eigenvalue weighted by Crippen LogP contribution is -1.96. The van der Waals surface area contributed by atoms with Crippen molar-refractivity contribution < 1.29 is 9.59 Å². The van der Waals surface area contributed by atoms with Crippen LogP contribution in [-0.2, 0) is 4.79 Å². The number of aldehydes is 1. The minimum Gasteiger partial charge on any atom is -0.364 e. The molecule has 0 aliphatic carbocycles. The van der Waals surface area contributed by atoms with Crippen molar-refractivity contribution in [3.63, 3.8) is 0 Å². The van der Waals surface area contributed by atoms with Crippen LogP contribution < -0.4 is 0 Å². The van der Waals surface area contributed by atoms with Gasteiger partial charge in [0.2, 0.25) is 5.78 Å². The van der Waals surface area contributed by atoms with E-state index < -0.39 is 5.78 Å². The van der Waals surface area contributed by atoms with Crippen LogP contribution in [-0.4, -0.2) is 17.1 Å². The van der Waals surface area contributed by atoms with Gasteiger partial charge in [0.05, 0.1) is 0 Å². The predicted octanol–water partition coefficient (Wildman–Crippen LogP) is 0.705. The summed E-state index contributed by atoms with van der Waals surface area (Å²) in [5.74, 6) is -0.482. The Balaban J connectivity index is 2.95. The Morgan fingerprint density at radius 2 is 2.40 bits per heavy atom. The minimum absolute atomic E-state index is 0.308. The number of carbonyl (C=O) groups excluding carboxylic acids is 2. The van der Waals surface area contributed by atoms with Gasteiger partial charge in [0, 0.05) is 17.5 Å². The van der Waals surface area contributed by atoms with Crippen LogP contribution in [0.2, 0.25) is 0 Å². The smallest absolute Gasteiger partial charge is 0.226 e. The number of hydrogen-bond acceptors (Lipinski definition) is 2. The molecule has 0 aromatic carbocycles. The molecular formula is C7H7NO2. The first-order valence-electron chi connectivity index (χ1n) is 2.88. The Morgan fingerprint density at radius 3 is 2.80 bits per heavy atom. The Labute approximate surface area is 58.1 Å². The van der Waals surface area contributed by atoms with Crippen molar-refractivity contribution in [2.45, 2.75) is 6.92 Å². The molecule has 1 heterocycles. The van der Waals surface area contributed by atoms with Crippen LogP contribution in [0.1, 0.15) is 16.1 Å². The maximum atomic E-state index is 10.6. The quantitative estimate of drug-likeness (QED) is 0.370. The van der Waals surface area contributed by atoms with Crippen LogP contribution >= 0.6 is 0 Å². The molecule has 0 bridgehead atoms. The molecule has 0 spiro atoms. The molecule has 10 heavy (non-hydrogen) atoms. The number of hydrogen-bond donors (Lipinski definition) is 1. The lowest BCUT2D eigenvalue weighted by molar-refractivity contribution is -0.104. The number of ketones is 1. The molecule has 0 aliphatic heterocycles. The normalized spacial score (nSPS) is 9.30. The summed E-state index contributed by atoms with van der Waals surface area (Å²) in [4.78, 5) is 23.4. The van der Waals surface area contributed by atoms with Gasteiger partial charge in [0.1, 0.15) is 0 Å². The average molecular weight is 137 g/mol. The van der Waals surface area contributed by atoms with Gasteiger partial charge in [-0.05, 0) is 13.0 Å². The van der Waals surface area contributed by atoms with E-state index in [0.717, 1.165) is 5.69 Å². The van der Waals surface area contributed by atoms with Gasteiger partial charge in [-0.3, -0.25) is 9.59 Å². The van der Waals surface area contributed by atoms with Gasteiger partial charge in [0.25, 0.3) is 0 Å². The van der Waals surface area contributed by atoms with Gasteiger partial charge in [0.15, 0.2) is 6.29 Å². The first kappa shape index (κ1) is 6.74. The first-order valence-corrected chi connectivity index (χ1v) is 2.88. The molecule has 0 unspecified atom stereocenters. The molecule has 0 aliphatic rings. The summed E-state index contributed by atoms with van der Waals surface area (Å²) < 4.78 is 0. The van der Waals surface area contributed by atoms with Gasteiger partial charge in [-0.15, -0.1) is 0 Å². The highest BCUT2D eigenvalue weighted by Crippen LogP contribution is 2.00. The summed E-state index contributed by atoms with van der Waals surface area (Å²) in [5.41, 5.74) is 1.30. The molecule has 0 saturated carbocycles. The average Bonchev–Trinajstić information content (AvgIpc) is 2.34. The van der Waals surface area contributed by atoms with Gasteiger partial charge in [-0.1, -0.05) is 0 Å². The van der Waals surface area contributed by atoms with E-state index in [0.29, 0.717) is 11.8 Å². The molecule has 3 heteroatoms. The van der Waals surface area contributed by atoms with Crippen LogP contribution in [0.5, 0.6) is 0 Å². The zero-order valence-corrected chi connectivity index (χ0v) is 5.55. The molecule has 0 fully saturated rings. The van der Waals surface area contributed by atoms with Crippen LogP contribution in [0, 0.1) is 6.92 Å². The summed E-state index contributed by atoms with van der Waals surface area (Å²) in [7, 11) is 0. The van der Waals surface area contributed by atoms with Crippen LogP contribution in [0.15, 0.2) is 12.3 Å². The molecule has 0 atom stereocenters. The molecule has 3 nitrogen and oxygen atoms in total.